The fraction of sp³-hybridized carbons (Fsp3) is 0.105. The maximum Gasteiger partial charge on any atom is 0.357 e. The van der Waals surface area contributed by atoms with Gasteiger partial charge in [-0.3, -0.25) is 9.36 Å². The fourth-order valence-electron chi connectivity index (χ4n) is 2.63. The summed E-state index contributed by atoms with van der Waals surface area (Å²) in [7, 11) is 0. The highest BCUT2D eigenvalue weighted by Crippen LogP contribution is 2.34. The molecule has 0 saturated carbocycles. The Morgan fingerprint density at radius 3 is 2.75 bits per heavy atom. The highest BCUT2D eigenvalue weighted by Gasteiger charge is 2.17. The molecule has 0 saturated heterocycles. The van der Waals surface area contributed by atoms with Crippen molar-refractivity contribution in [1.82, 2.24) is 9.55 Å². The Labute approximate surface area is 158 Å². The molecule has 1 N–H and O–H groups in total. The van der Waals surface area contributed by atoms with E-state index in [9.17, 15) is 14.0 Å². The number of nitrogens with zero attached hydrogens (tertiary/aromatic N) is 2. The van der Waals surface area contributed by atoms with E-state index in [-0.39, 0.29) is 12.5 Å². The fourth-order valence-corrected chi connectivity index (χ4v) is 2.63. The van der Waals surface area contributed by atoms with E-state index in [1.165, 1.54) is 41.4 Å². The molecule has 0 fully saturated rings. The van der Waals surface area contributed by atoms with E-state index in [1.807, 2.05) is 0 Å². The predicted octanol–water partition coefficient (Wildman–Crippen LogP) is 2.54. The van der Waals surface area contributed by atoms with Crippen LogP contribution in [-0.4, -0.2) is 34.8 Å². The van der Waals surface area contributed by atoms with Crippen molar-refractivity contribution in [3.8, 4) is 17.2 Å². The number of esters is 1. The summed E-state index contributed by atoms with van der Waals surface area (Å²) in [6.45, 7) is -0.353. The van der Waals surface area contributed by atoms with E-state index in [2.05, 4.69) is 10.3 Å². The number of aromatic nitrogens is 2. The molecule has 0 aliphatic carbocycles. The van der Waals surface area contributed by atoms with E-state index in [1.54, 1.807) is 18.2 Å². The van der Waals surface area contributed by atoms with Crippen LogP contribution in [0.5, 0.6) is 11.5 Å². The number of halogens is 1. The van der Waals surface area contributed by atoms with Crippen molar-refractivity contribution in [1.29, 1.82) is 0 Å². The minimum Gasteiger partial charge on any atom is -0.454 e. The molecule has 1 aliphatic heterocycles. The highest BCUT2D eigenvalue weighted by molar-refractivity contribution is 5.95. The molecule has 0 radical (unpaired) electrons. The molecule has 4 rings (SSSR count). The number of imidazole rings is 1. The molecule has 8 nitrogen and oxygen atoms in total. The number of amides is 1. The average molecular weight is 383 g/mol. The molecule has 0 spiro atoms. The van der Waals surface area contributed by atoms with Gasteiger partial charge < -0.3 is 19.5 Å². The zero-order valence-corrected chi connectivity index (χ0v) is 14.4. The van der Waals surface area contributed by atoms with Gasteiger partial charge in [-0.05, 0) is 36.4 Å². The molecule has 1 aromatic heterocycles. The van der Waals surface area contributed by atoms with Crippen LogP contribution in [-0.2, 0) is 9.53 Å². The number of fused-ring (bicyclic) bond motifs is 1. The van der Waals surface area contributed by atoms with Crippen LogP contribution in [0.2, 0.25) is 0 Å². The van der Waals surface area contributed by atoms with E-state index < -0.39 is 24.3 Å². The third-order valence-electron chi connectivity index (χ3n) is 3.94. The molecule has 1 aliphatic rings. The topological polar surface area (TPSA) is 91.7 Å². The summed E-state index contributed by atoms with van der Waals surface area (Å²) in [5.74, 6) is -0.521. The Balaban J connectivity index is 1.37. The van der Waals surface area contributed by atoms with E-state index in [4.69, 9.17) is 14.2 Å². The van der Waals surface area contributed by atoms with Gasteiger partial charge in [0.2, 0.25) is 6.79 Å². The number of carbonyl (C=O) groups excluding carboxylic acids is 2. The lowest BCUT2D eigenvalue weighted by Gasteiger charge is -2.09. The first-order valence-corrected chi connectivity index (χ1v) is 8.25. The molecule has 2 aromatic carbocycles. The summed E-state index contributed by atoms with van der Waals surface area (Å²) in [5.41, 5.74) is 1.14. The number of hydrogen-bond acceptors (Lipinski definition) is 6. The third kappa shape index (κ3) is 3.63. The van der Waals surface area contributed by atoms with Crippen LogP contribution in [0, 0.1) is 5.82 Å². The Kier molecular flexibility index (Phi) is 4.63. The summed E-state index contributed by atoms with van der Waals surface area (Å²) >= 11 is 0. The van der Waals surface area contributed by atoms with E-state index in [0.29, 0.717) is 22.9 Å². The van der Waals surface area contributed by atoms with Gasteiger partial charge in [0.05, 0.1) is 12.5 Å². The molecule has 0 unspecified atom stereocenters. The van der Waals surface area contributed by atoms with Gasteiger partial charge in [0.1, 0.15) is 5.82 Å². The van der Waals surface area contributed by atoms with E-state index in [0.717, 1.165) is 0 Å². The summed E-state index contributed by atoms with van der Waals surface area (Å²) in [6, 6.07) is 10.5. The third-order valence-corrected chi connectivity index (χ3v) is 3.94. The zero-order chi connectivity index (χ0) is 19.5. The first kappa shape index (κ1) is 17.5. The van der Waals surface area contributed by atoms with Gasteiger partial charge in [0.15, 0.2) is 23.8 Å². The van der Waals surface area contributed by atoms with Crippen LogP contribution in [0.15, 0.2) is 55.0 Å². The first-order valence-electron chi connectivity index (χ1n) is 8.25. The minimum absolute atomic E-state index is 0.113. The van der Waals surface area contributed by atoms with Crippen molar-refractivity contribution in [2.75, 3.05) is 18.7 Å². The average Bonchev–Trinajstić information content (AvgIpc) is 3.35. The minimum atomic E-state index is -0.734. The van der Waals surface area contributed by atoms with Crippen molar-refractivity contribution in [3.05, 3.63) is 66.5 Å². The molecule has 142 valence electrons. The molecule has 0 atom stereocenters. The predicted molar refractivity (Wildman–Crippen MR) is 95.0 cm³/mol. The van der Waals surface area contributed by atoms with Crippen LogP contribution >= 0.6 is 0 Å². The lowest BCUT2D eigenvalue weighted by Crippen LogP contribution is -2.22. The van der Waals surface area contributed by atoms with Crippen LogP contribution in [0.1, 0.15) is 10.5 Å². The maximum absolute atomic E-state index is 13.1. The van der Waals surface area contributed by atoms with Gasteiger partial charge in [-0.1, -0.05) is 0 Å². The van der Waals surface area contributed by atoms with Gasteiger partial charge in [-0.2, -0.15) is 0 Å². The molecular formula is C19H14FN3O5. The van der Waals surface area contributed by atoms with Gasteiger partial charge in [0, 0.05) is 17.4 Å². The number of rotatable bonds is 5. The molecule has 3 aromatic rings. The summed E-state index contributed by atoms with van der Waals surface area (Å²) in [4.78, 5) is 28.3. The Bertz CT molecular complexity index is 1030. The molecule has 9 heteroatoms. The van der Waals surface area contributed by atoms with Crippen LogP contribution in [0.25, 0.3) is 5.69 Å². The van der Waals surface area contributed by atoms with Crippen molar-refractivity contribution in [2.45, 2.75) is 0 Å². The number of hydrogen-bond donors (Lipinski definition) is 1. The van der Waals surface area contributed by atoms with Crippen molar-refractivity contribution in [3.63, 3.8) is 0 Å². The Hall–Kier alpha value is -3.88. The van der Waals surface area contributed by atoms with Crippen molar-refractivity contribution < 1.29 is 28.2 Å². The largest absolute Gasteiger partial charge is 0.454 e. The maximum atomic E-state index is 13.1. The van der Waals surface area contributed by atoms with E-state index >= 15 is 0 Å². The normalized spacial score (nSPS) is 11.9. The molecule has 28 heavy (non-hydrogen) atoms. The van der Waals surface area contributed by atoms with Crippen molar-refractivity contribution >= 4 is 17.6 Å². The zero-order valence-electron chi connectivity index (χ0n) is 14.4. The van der Waals surface area contributed by atoms with Crippen LogP contribution < -0.4 is 14.8 Å². The quantitative estimate of drug-likeness (QED) is 0.681. The second-order valence-corrected chi connectivity index (χ2v) is 5.82. The van der Waals surface area contributed by atoms with Gasteiger partial charge >= 0.3 is 5.97 Å². The summed E-state index contributed by atoms with van der Waals surface area (Å²) < 4.78 is 30.0. The van der Waals surface area contributed by atoms with Crippen molar-refractivity contribution in [2.24, 2.45) is 0 Å². The number of ether oxygens (including phenoxy) is 3. The first-order chi connectivity index (χ1) is 13.6. The standard InChI is InChI=1S/C19H14FN3O5/c20-12-1-4-14(5-2-12)23-10-21-8-15(23)19(25)26-9-18(24)22-13-3-6-16-17(7-13)28-11-27-16/h1-8,10H,9,11H2,(H,22,24). The lowest BCUT2D eigenvalue weighted by molar-refractivity contribution is -0.119. The second-order valence-electron chi connectivity index (χ2n) is 5.82. The summed E-state index contributed by atoms with van der Waals surface area (Å²) in [5, 5.41) is 2.61. The Morgan fingerprint density at radius 1 is 1.14 bits per heavy atom. The number of nitrogens with one attached hydrogen (secondary N) is 1. The number of carbonyl (C=O) groups is 2. The highest BCUT2D eigenvalue weighted by atomic mass is 19.1. The molecule has 1 amide bonds. The molecule has 0 bridgehead atoms. The number of benzene rings is 2. The van der Waals surface area contributed by atoms with Crippen LogP contribution in [0.4, 0.5) is 10.1 Å². The van der Waals surface area contributed by atoms with Crippen LogP contribution in [0.3, 0.4) is 0 Å². The Morgan fingerprint density at radius 2 is 1.93 bits per heavy atom. The summed E-state index contributed by atoms with van der Waals surface area (Å²) in [6.07, 6.45) is 2.71. The molecule has 2 heterocycles. The van der Waals surface area contributed by atoms with Gasteiger partial charge in [0.25, 0.3) is 5.91 Å². The number of anilines is 1. The SMILES string of the molecule is O=C(COC(=O)c1cncn1-c1ccc(F)cc1)Nc1ccc2c(c1)OCO2. The monoisotopic (exact) mass is 383 g/mol. The van der Waals surface area contributed by atoms with Gasteiger partial charge in [-0.15, -0.1) is 0 Å². The second kappa shape index (κ2) is 7.39. The smallest absolute Gasteiger partial charge is 0.357 e. The molecular weight excluding hydrogens is 369 g/mol. The van der Waals surface area contributed by atoms with Gasteiger partial charge in [-0.25, -0.2) is 14.2 Å². The lowest BCUT2D eigenvalue weighted by atomic mass is 10.3.